The van der Waals surface area contributed by atoms with Crippen LogP contribution in [0.4, 0.5) is 11.4 Å². The number of pyridine rings is 1. The zero-order valence-corrected chi connectivity index (χ0v) is 16.0. The lowest BCUT2D eigenvalue weighted by Gasteiger charge is -2.19. The third kappa shape index (κ3) is 7.45. The van der Waals surface area contributed by atoms with E-state index in [2.05, 4.69) is 15.6 Å². The number of hydrogen-bond acceptors (Lipinski definition) is 5. The molecule has 2 rings (SSSR count). The predicted octanol–water partition coefficient (Wildman–Crippen LogP) is 3.49. The number of aromatic nitrogens is 1. The molecular weight excluding hydrogens is 346 g/mol. The van der Waals surface area contributed by atoms with E-state index >= 15 is 0 Å². The van der Waals surface area contributed by atoms with Crippen LogP contribution >= 0.6 is 0 Å². The molecule has 1 aromatic carbocycles. The molecule has 27 heavy (non-hydrogen) atoms. The molecule has 144 valence electrons. The fourth-order valence-electron chi connectivity index (χ4n) is 2.14. The molecule has 7 heteroatoms. The fraction of sp³-hybridized carbons (Fsp3) is 0.350. The topological polar surface area (TPSA) is 89.6 Å². The third-order valence-electron chi connectivity index (χ3n) is 3.33. The Bertz CT molecular complexity index is 765. The lowest BCUT2D eigenvalue weighted by Crippen LogP contribution is -2.22. The number of rotatable bonds is 7. The third-order valence-corrected chi connectivity index (χ3v) is 3.33. The van der Waals surface area contributed by atoms with Crippen LogP contribution in [0, 0.1) is 0 Å². The van der Waals surface area contributed by atoms with Crippen LogP contribution in [0.15, 0.2) is 42.6 Å². The normalized spacial score (nSPS) is 11.0. The quantitative estimate of drug-likeness (QED) is 0.727. The molecule has 0 aliphatic heterocycles. The monoisotopic (exact) mass is 371 g/mol. The Kier molecular flexibility index (Phi) is 6.90. The fourth-order valence-corrected chi connectivity index (χ4v) is 2.14. The van der Waals surface area contributed by atoms with E-state index < -0.39 is 0 Å². The van der Waals surface area contributed by atoms with E-state index in [9.17, 15) is 9.59 Å². The highest BCUT2D eigenvalue weighted by atomic mass is 16.5. The van der Waals surface area contributed by atoms with Crippen molar-refractivity contribution in [3.05, 3.63) is 48.2 Å². The van der Waals surface area contributed by atoms with Gasteiger partial charge in [-0.2, -0.15) is 0 Å². The van der Waals surface area contributed by atoms with Gasteiger partial charge in [-0.15, -0.1) is 0 Å². The number of hydrogen-bond donors (Lipinski definition) is 2. The Hall–Kier alpha value is -2.93. The van der Waals surface area contributed by atoms with Crippen LogP contribution in [0.5, 0.6) is 5.88 Å². The summed E-state index contributed by atoms with van der Waals surface area (Å²) in [5.41, 5.74) is 1.49. The van der Waals surface area contributed by atoms with Crippen molar-refractivity contribution in [2.75, 3.05) is 23.8 Å². The second-order valence-corrected chi connectivity index (χ2v) is 6.91. The summed E-state index contributed by atoms with van der Waals surface area (Å²) in [7, 11) is 0. The second kappa shape index (κ2) is 9.14. The molecule has 0 saturated carbocycles. The highest BCUT2D eigenvalue weighted by Crippen LogP contribution is 2.15. The average molecular weight is 371 g/mol. The Morgan fingerprint density at radius 1 is 0.963 bits per heavy atom. The van der Waals surface area contributed by atoms with E-state index in [1.807, 2.05) is 20.8 Å². The zero-order chi connectivity index (χ0) is 19.9. The van der Waals surface area contributed by atoms with Gasteiger partial charge in [-0.3, -0.25) is 9.59 Å². The van der Waals surface area contributed by atoms with E-state index in [0.29, 0.717) is 36.0 Å². The number of ether oxygens (including phenoxy) is 2. The SMILES string of the molecule is CC(=O)Nc1ccc(NC(=O)c2ccc(OCCOC(C)(C)C)nc2)cc1. The van der Waals surface area contributed by atoms with Gasteiger partial charge >= 0.3 is 0 Å². The van der Waals surface area contributed by atoms with E-state index in [-0.39, 0.29) is 17.4 Å². The number of nitrogens with one attached hydrogen (secondary N) is 2. The average Bonchev–Trinajstić information content (AvgIpc) is 2.60. The number of carbonyl (C=O) groups excluding carboxylic acids is 2. The maximum absolute atomic E-state index is 12.3. The molecule has 1 aromatic heterocycles. The molecule has 0 radical (unpaired) electrons. The van der Waals surface area contributed by atoms with Gasteiger partial charge in [0.1, 0.15) is 6.61 Å². The summed E-state index contributed by atoms with van der Waals surface area (Å²) < 4.78 is 11.1. The van der Waals surface area contributed by atoms with Gasteiger partial charge in [0.2, 0.25) is 11.8 Å². The molecule has 0 bridgehead atoms. The van der Waals surface area contributed by atoms with Crippen molar-refractivity contribution in [1.29, 1.82) is 0 Å². The van der Waals surface area contributed by atoms with Crippen LogP contribution in [0.1, 0.15) is 38.1 Å². The van der Waals surface area contributed by atoms with Crippen molar-refractivity contribution in [3.63, 3.8) is 0 Å². The highest BCUT2D eigenvalue weighted by Gasteiger charge is 2.10. The Morgan fingerprint density at radius 3 is 2.11 bits per heavy atom. The van der Waals surface area contributed by atoms with Crippen molar-refractivity contribution in [2.45, 2.75) is 33.3 Å². The van der Waals surface area contributed by atoms with Gasteiger partial charge < -0.3 is 20.1 Å². The minimum absolute atomic E-state index is 0.148. The van der Waals surface area contributed by atoms with Crippen molar-refractivity contribution >= 4 is 23.2 Å². The number of amides is 2. The number of benzene rings is 1. The van der Waals surface area contributed by atoms with E-state index in [0.717, 1.165) is 0 Å². The molecule has 2 N–H and O–H groups in total. The van der Waals surface area contributed by atoms with Crippen LogP contribution in [0.25, 0.3) is 0 Å². The van der Waals surface area contributed by atoms with E-state index in [1.54, 1.807) is 36.4 Å². The van der Waals surface area contributed by atoms with Crippen LogP contribution in [-0.2, 0) is 9.53 Å². The molecule has 0 spiro atoms. The number of carbonyl (C=O) groups is 2. The van der Waals surface area contributed by atoms with Gasteiger partial charge in [-0.1, -0.05) is 0 Å². The molecule has 0 aliphatic rings. The van der Waals surface area contributed by atoms with Gasteiger partial charge in [0.15, 0.2) is 0 Å². The summed E-state index contributed by atoms with van der Waals surface area (Å²) in [5.74, 6) is 0.00579. The van der Waals surface area contributed by atoms with Gasteiger partial charge in [-0.05, 0) is 51.1 Å². The smallest absolute Gasteiger partial charge is 0.257 e. The minimum Gasteiger partial charge on any atom is -0.475 e. The molecule has 0 saturated heterocycles. The molecule has 0 fully saturated rings. The Labute approximate surface area is 159 Å². The summed E-state index contributed by atoms with van der Waals surface area (Å²) in [5, 5.41) is 5.44. The molecular formula is C20H25N3O4. The molecule has 0 unspecified atom stereocenters. The van der Waals surface area contributed by atoms with Crippen molar-refractivity contribution < 1.29 is 19.1 Å². The molecule has 7 nitrogen and oxygen atoms in total. The highest BCUT2D eigenvalue weighted by molar-refractivity contribution is 6.04. The first-order valence-electron chi connectivity index (χ1n) is 8.65. The van der Waals surface area contributed by atoms with Crippen molar-refractivity contribution in [1.82, 2.24) is 4.98 Å². The number of nitrogens with zero attached hydrogens (tertiary/aromatic N) is 1. The Morgan fingerprint density at radius 2 is 1.59 bits per heavy atom. The second-order valence-electron chi connectivity index (χ2n) is 6.91. The maximum Gasteiger partial charge on any atom is 0.257 e. The van der Waals surface area contributed by atoms with Gasteiger partial charge in [0, 0.05) is 30.6 Å². The minimum atomic E-state index is -0.280. The first-order chi connectivity index (χ1) is 12.7. The summed E-state index contributed by atoms with van der Waals surface area (Å²) in [4.78, 5) is 27.4. The summed E-state index contributed by atoms with van der Waals surface area (Å²) in [6, 6.07) is 10.1. The van der Waals surface area contributed by atoms with Gasteiger partial charge in [0.25, 0.3) is 5.91 Å². The Balaban J connectivity index is 1.85. The van der Waals surface area contributed by atoms with Gasteiger partial charge in [-0.25, -0.2) is 4.98 Å². The maximum atomic E-state index is 12.3. The summed E-state index contributed by atoms with van der Waals surface area (Å²) >= 11 is 0. The molecule has 0 aliphatic carbocycles. The lowest BCUT2D eigenvalue weighted by molar-refractivity contribution is -0.114. The molecule has 2 amide bonds. The van der Waals surface area contributed by atoms with E-state index in [4.69, 9.17) is 9.47 Å². The van der Waals surface area contributed by atoms with Crippen LogP contribution in [0.2, 0.25) is 0 Å². The summed E-state index contributed by atoms with van der Waals surface area (Å²) in [6.07, 6.45) is 1.46. The standard InChI is InChI=1S/C20H25N3O4/c1-14(24)22-16-6-8-17(9-7-16)23-19(25)15-5-10-18(21-13-15)26-11-12-27-20(2,3)4/h5-10,13H,11-12H2,1-4H3,(H,22,24)(H,23,25). The number of anilines is 2. The molecule has 2 aromatic rings. The first-order valence-corrected chi connectivity index (χ1v) is 8.65. The van der Waals surface area contributed by atoms with Gasteiger partial charge in [0.05, 0.1) is 17.8 Å². The zero-order valence-electron chi connectivity index (χ0n) is 16.0. The molecule has 0 atom stereocenters. The summed E-state index contributed by atoms with van der Waals surface area (Å²) in [6.45, 7) is 8.22. The van der Waals surface area contributed by atoms with Crippen LogP contribution in [0.3, 0.4) is 0 Å². The van der Waals surface area contributed by atoms with Crippen LogP contribution < -0.4 is 15.4 Å². The molecule has 1 heterocycles. The lowest BCUT2D eigenvalue weighted by atomic mass is 10.2. The van der Waals surface area contributed by atoms with E-state index in [1.165, 1.54) is 13.1 Å². The van der Waals surface area contributed by atoms with Crippen molar-refractivity contribution in [3.8, 4) is 5.88 Å². The van der Waals surface area contributed by atoms with Crippen molar-refractivity contribution in [2.24, 2.45) is 0 Å². The first kappa shape index (κ1) is 20.4. The predicted molar refractivity (Wildman–Crippen MR) is 104 cm³/mol. The van der Waals surface area contributed by atoms with Crippen LogP contribution in [-0.4, -0.2) is 35.6 Å². The largest absolute Gasteiger partial charge is 0.475 e.